The molecule has 16 heavy (non-hydrogen) atoms. The van der Waals surface area contributed by atoms with Crippen LogP contribution in [0.15, 0.2) is 40.2 Å². The summed E-state index contributed by atoms with van der Waals surface area (Å²) >= 11 is 11.2. The Kier molecular flexibility index (Phi) is 4.03. The molecular formula is C12H11BrClNS. The molecule has 0 amide bonds. The Labute approximate surface area is 113 Å². The van der Waals surface area contributed by atoms with Crippen molar-refractivity contribution in [2.75, 3.05) is 7.05 Å². The van der Waals surface area contributed by atoms with Crippen LogP contribution in [0.5, 0.6) is 0 Å². The van der Waals surface area contributed by atoms with E-state index in [4.69, 9.17) is 11.6 Å². The van der Waals surface area contributed by atoms with Gasteiger partial charge < -0.3 is 5.32 Å². The van der Waals surface area contributed by atoms with Crippen molar-refractivity contribution in [2.45, 2.75) is 6.04 Å². The van der Waals surface area contributed by atoms with E-state index in [0.29, 0.717) is 0 Å². The van der Waals surface area contributed by atoms with E-state index in [1.165, 1.54) is 10.4 Å². The number of rotatable bonds is 3. The van der Waals surface area contributed by atoms with Crippen LogP contribution in [-0.4, -0.2) is 7.05 Å². The fraction of sp³-hybridized carbons (Fsp3) is 0.167. The molecule has 1 nitrogen and oxygen atoms in total. The minimum atomic E-state index is 0.230. The van der Waals surface area contributed by atoms with Crippen molar-refractivity contribution < 1.29 is 0 Å². The molecule has 0 aliphatic carbocycles. The van der Waals surface area contributed by atoms with E-state index < -0.39 is 0 Å². The number of hydrogen-bond donors (Lipinski definition) is 1. The zero-order valence-electron chi connectivity index (χ0n) is 8.71. The average molecular weight is 317 g/mol. The summed E-state index contributed by atoms with van der Waals surface area (Å²) in [7, 11) is 1.97. The molecule has 0 aliphatic rings. The van der Waals surface area contributed by atoms with Gasteiger partial charge in [0, 0.05) is 9.35 Å². The maximum Gasteiger partial charge on any atom is 0.0669 e. The first-order valence-corrected chi connectivity index (χ1v) is 6.93. The summed E-state index contributed by atoms with van der Waals surface area (Å²) in [5.74, 6) is 0. The Hall–Kier alpha value is -0.350. The zero-order valence-corrected chi connectivity index (χ0v) is 11.9. The summed E-state index contributed by atoms with van der Waals surface area (Å²) < 4.78 is 0.934. The van der Waals surface area contributed by atoms with Gasteiger partial charge in [0.25, 0.3) is 0 Å². The number of nitrogens with one attached hydrogen (secondary N) is 1. The minimum Gasteiger partial charge on any atom is -0.309 e. The monoisotopic (exact) mass is 315 g/mol. The lowest BCUT2D eigenvalue weighted by molar-refractivity contribution is 0.703. The van der Waals surface area contributed by atoms with Gasteiger partial charge in [0.2, 0.25) is 0 Å². The van der Waals surface area contributed by atoms with E-state index in [9.17, 15) is 0 Å². The lowest BCUT2D eigenvalue weighted by Gasteiger charge is -2.15. The summed E-state index contributed by atoms with van der Waals surface area (Å²) in [5, 5.41) is 6.14. The number of hydrogen-bond acceptors (Lipinski definition) is 2. The number of benzene rings is 1. The largest absolute Gasteiger partial charge is 0.309 e. The maximum atomic E-state index is 5.99. The van der Waals surface area contributed by atoms with Crippen molar-refractivity contribution in [3.63, 3.8) is 0 Å². The number of halogens is 2. The third kappa shape index (κ3) is 2.48. The fourth-order valence-electron chi connectivity index (χ4n) is 1.62. The molecular weight excluding hydrogens is 306 g/mol. The first-order chi connectivity index (χ1) is 7.72. The van der Waals surface area contributed by atoms with E-state index in [2.05, 4.69) is 44.8 Å². The molecule has 1 unspecified atom stereocenters. The molecule has 2 aromatic rings. The predicted molar refractivity (Wildman–Crippen MR) is 74.4 cm³/mol. The third-order valence-corrected chi connectivity index (χ3v) is 4.54. The molecule has 1 heterocycles. The molecule has 2 rings (SSSR count). The summed E-state index contributed by atoms with van der Waals surface area (Å²) in [6, 6.07) is 10.5. The Balaban J connectivity index is 2.37. The standard InChI is InChI=1S/C12H11BrClNS/c1-15-12(11-3-2-6-16-11)8-4-5-10(14)9(13)7-8/h2-7,12,15H,1H3. The zero-order chi connectivity index (χ0) is 11.5. The lowest BCUT2D eigenvalue weighted by Crippen LogP contribution is -2.16. The quantitative estimate of drug-likeness (QED) is 0.881. The van der Waals surface area contributed by atoms with Crippen LogP contribution in [0.2, 0.25) is 5.02 Å². The van der Waals surface area contributed by atoms with Gasteiger partial charge in [-0.2, -0.15) is 0 Å². The van der Waals surface area contributed by atoms with Crippen LogP contribution in [0.4, 0.5) is 0 Å². The molecule has 1 aromatic heterocycles. The van der Waals surface area contributed by atoms with Gasteiger partial charge in [-0.05, 0) is 52.1 Å². The topological polar surface area (TPSA) is 12.0 Å². The second kappa shape index (κ2) is 5.32. The fourth-order valence-corrected chi connectivity index (χ4v) is 3.00. The highest BCUT2D eigenvalue weighted by atomic mass is 79.9. The van der Waals surface area contributed by atoms with Gasteiger partial charge in [-0.25, -0.2) is 0 Å². The molecule has 0 fully saturated rings. The van der Waals surface area contributed by atoms with E-state index in [1.54, 1.807) is 11.3 Å². The third-order valence-electron chi connectivity index (χ3n) is 2.39. The van der Waals surface area contributed by atoms with Crippen LogP contribution in [0.3, 0.4) is 0 Å². The smallest absolute Gasteiger partial charge is 0.0669 e. The molecule has 0 bridgehead atoms. The van der Waals surface area contributed by atoms with E-state index in [0.717, 1.165) is 9.50 Å². The summed E-state index contributed by atoms with van der Waals surface area (Å²) in [6.07, 6.45) is 0. The summed E-state index contributed by atoms with van der Waals surface area (Å²) in [4.78, 5) is 1.30. The maximum absolute atomic E-state index is 5.99. The van der Waals surface area contributed by atoms with Crippen molar-refractivity contribution in [3.8, 4) is 0 Å². The van der Waals surface area contributed by atoms with E-state index in [-0.39, 0.29) is 6.04 Å². The Morgan fingerprint density at radius 1 is 1.38 bits per heavy atom. The Morgan fingerprint density at radius 3 is 2.75 bits per heavy atom. The predicted octanol–water partition coefficient (Wildman–Crippen LogP) is 4.47. The molecule has 0 spiro atoms. The van der Waals surface area contributed by atoms with Gasteiger partial charge in [0.1, 0.15) is 0 Å². The molecule has 0 radical (unpaired) electrons. The average Bonchev–Trinajstić information content (AvgIpc) is 2.78. The van der Waals surface area contributed by atoms with Crippen molar-refractivity contribution >= 4 is 38.9 Å². The first kappa shape index (κ1) is 12.1. The van der Waals surface area contributed by atoms with Crippen molar-refractivity contribution in [1.82, 2.24) is 5.32 Å². The van der Waals surface area contributed by atoms with Crippen LogP contribution in [0, 0.1) is 0 Å². The lowest BCUT2D eigenvalue weighted by atomic mass is 10.1. The summed E-state index contributed by atoms with van der Waals surface area (Å²) in [5.41, 5.74) is 1.21. The van der Waals surface area contributed by atoms with Crippen LogP contribution in [-0.2, 0) is 0 Å². The normalized spacial score (nSPS) is 12.7. The van der Waals surface area contributed by atoms with Crippen molar-refractivity contribution in [1.29, 1.82) is 0 Å². The van der Waals surface area contributed by atoms with Crippen molar-refractivity contribution in [3.05, 3.63) is 55.6 Å². The Bertz CT molecular complexity index is 470. The minimum absolute atomic E-state index is 0.230. The highest BCUT2D eigenvalue weighted by Gasteiger charge is 2.13. The molecule has 84 valence electrons. The molecule has 4 heteroatoms. The van der Waals surface area contributed by atoms with Gasteiger partial charge in [0.15, 0.2) is 0 Å². The summed E-state index contributed by atoms with van der Waals surface area (Å²) in [6.45, 7) is 0. The highest BCUT2D eigenvalue weighted by molar-refractivity contribution is 9.10. The van der Waals surface area contributed by atoms with Crippen LogP contribution in [0.25, 0.3) is 0 Å². The molecule has 0 saturated carbocycles. The second-order valence-electron chi connectivity index (χ2n) is 3.41. The first-order valence-electron chi connectivity index (χ1n) is 4.88. The Morgan fingerprint density at radius 2 is 2.19 bits per heavy atom. The van der Waals surface area contributed by atoms with Gasteiger partial charge >= 0.3 is 0 Å². The SMILES string of the molecule is CNC(c1ccc(Cl)c(Br)c1)c1cccs1. The van der Waals surface area contributed by atoms with E-state index >= 15 is 0 Å². The second-order valence-corrected chi connectivity index (χ2v) is 5.65. The molecule has 1 atom stereocenters. The van der Waals surface area contributed by atoms with E-state index in [1.807, 2.05) is 19.2 Å². The van der Waals surface area contributed by atoms with Crippen LogP contribution >= 0.6 is 38.9 Å². The van der Waals surface area contributed by atoms with Gasteiger partial charge in [-0.15, -0.1) is 11.3 Å². The molecule has 1 aromatic carbocycles. The molecule has 0 saturated heterocycles. The highest BCUT2D eigenvalue weighted by Crippen LogP contribution is 2.30. The van der Waals surface area contributed by atoms with Gasteiger partial charge in [-0.3, -0.25) is 0 Å². The molecule has 1 N–H and O–H groups in total. The van der Waals surface area contributed by atoms with Crippen molar-refractivity contribution in [2.24, 2.45) is 0 Å². The molecule has 0 aliphatic heterocycles. The number of thiophene rings is 1. The van der Waals surface area contributed by atoms with Gasteiger partial charge in [0.05, 0.1) is 11.1 Å². The van der Waals surface area contributed by atoms with Crippen LogP contribution in [0.1, 0.15) is 16.5 Å². The van der Waals surface area contributed by atoms with Gasteiger partial charge in [-0.1, -0.05) is 23.7 Å². The van der Waals surface area contributed by atoms with Crippen LogP contribution < -0.4 is 5.32 Å².